The van der Waals surface area contributed by atoms with E-state index in [1.165, 1.54) is 0 Å². The van der Waals surface area contributed by atoms with Gasteiger partial charge in [-0.05, 0) is 24.3 Å². The number of ether oxygens (including phenoxy) is 1. The van der Waals surface area contributed by atoms with Crippen molar-refractivity contribution in [2.45, 2.75) is 0 Å². The molecule has 2 aromatic heterocycles. The van der Waals surface area contributed by atoms with Crippen molar-refractivity contribution in [1.29, 1.82) is 0 Å². The molecule has 0 saturated heterocycles. The Kier molecular flexibility index (Phi) is 3.70. The summed E-state index contributed by atoms with van der Waals surface area (Å²) in [5.41, 5.74) is 3.40. The van der Waals surface area contributed by atoms with Crippen molar-refractivity contribution < 1.29 is 9.53 Å². The lowest BCUT2D eigenvalue weighted by Crippen LogP contribution is -2.26. The average Bonchev–Trinajstić information content (AvgIpc) is 3.15. The van der Waals surface area contributed by atoms with Crippen LogP contribution in [-0.2, 0) is 4.74 Å². The second-order valence-electron chi connectivity index (χ2n) is 4.70. The van der Waals surface area contributed by atoms with Crippen LogP contribution in [0.2, 0.25) is 0 Å². The van der Waals surface area contributed by atoms with E-state index >= 15 is 0 Å². The van der Waals surface area contributed by atoms with Gasteiger partial charge in [-0.2, -0.15) is 5.10 Å². The Bertz CT molecular complexity index is 746. The minimum absolute atomic E-state index is 0.105. The van der Waals surface area contributed by atoms with Crippen molar-refractivity contribution in [3.8, 4) is 11.4 Å². The fourth-order valence-corrected chi connectivity index (χ4v) is 2.19. The molecular formula is C15H16N4O2. The molecule has 0 saturated carbocycles. The van der Waals surface area contributed by atoms with Gasteiger partial charge in [0.1, 0.15) is 0 Å². The van der Waals surface area contributed by atoms with Crippen LogP contribution in [0, 0.1) is 0 Å². The van der Waals surface area contributed by atoms with Gasteiger partial charge >= 0.3 is 0 Å². The molecule has 3 N–H and O–H groups in total. The number of H-pyrrole nitrogens is 2. The number of nitrogens with one attached hydrogen (secondary N) is 3. The zero-order valence-electron chi connectivity index (χ0n) is 11.6. The Morgan fingerprint density at radius 3 is 2.95 bits per heavy atom. The van der Waals surface area contributed by atoms with E-state index in [0.717, 1.165) is 22.3 Å². The monoisotopic (exact) mass is 284 g/mol. The fraction of sp³-hybridized carbons (Fsp3) is 0.200. The lowest BCUT2D eigenvalue weighted by molar-refractivity contribution is 0.0937. The number of methoxy groups -OCH3 is 1. The molecule has 0 radical (unpaired) electrons. The molecule has 0 bridgehead atoms. The Balaban J connectivity index is 1.84. The average molecular weight is 284 g/mol. The summed E-state index contributed by atoms with van der Waals surface area (Å²) in [7, 11) is 1.61. The van der Waals surface area contributed by atoms with Crippen LogP contribution in [0.4, 0.5) is 0 Å². The molecule has 0 unspecified atom stereocenters. The number of hydrogen-bond donors (Lipinski definition) is 3. The minimum Gasteiger partial charge on any atom is -0.383 e. The topological polar surface area (TPSA) is 82.8 Å². The van der Waals surface area contributed by atoms with Gasteiger partial charge in [-0.25, -0.2) is 0 Å². The van der Waals surface area contributed by atoms with E-state index in [1.807, 2.05) is 30.3 Å². The highest BCUT2D eigenvalue weighted by atomic mass is 16.5. The molecule has 2 heterocycles. The summed E-state index contributed by atoms with van der Waals surface area (Å²) >= 11 is 0. The van der Waals surface area contributed by atoms with E-state index in [4.69, 9.17) is 4.74 Å². The minimum atomic E-state index is -0.105. The van der Waals surface area contributed by atoms with E-state index in [1.54, 1.807) is 13.3 Å². The van der Waals surface area contributed by atoms with E-state index in [9.17, 15) is 4.79 Å². The second kappa shape index (κ2) is 5.80. The van der Waals surface area contributed by atoms with Crippen LogP contribution in [-0.4, -0.2) is 41.3 Å². The molecule has 0 aliphatic carbocycles. The first kappa shape index (κ1) is 13.4. The number of carbonyl (C=O) groups excluding carboxylic acids is 1. The molecule has 1 aromatic carbocycles. The Hall–Kier alpha value is -2.60. The van der Waals surface area contributed by atoms with Gasteiger partial charge in [0.2, 0.25) is 0 Å². The van der Waals surface area contributed by atoms with Gasteiger partial charge < -0.3 is 15.0 Å². The van der Waals surface area contributed by atoms with Crippen molar-refractivity contribution in [3.05, 3.63) is 42.1 Å². The Morgan fingerprint density at radius 2 is 2.19 bits per heavy atom. The summed E-state index contributed by atoms with van der Waals surface area (Å²) < 4.78 is 4.91. The fourth-order valence-electron chi connectivity index (χ4n) is 2.19. The molecule has 1 amide bonds. The summed E-state index contributed by atoms with van der Waals surface area (Å²) in [6.45, 7) is 0.998. The van der Waals surface area contributed by atoms with E-state index < -0.39 is 0 Å². The third kappa shape index (κ3) is 2.80. The van der Waals surface area contributed by atoms with Crippen LogP contribution in [0.1, 0.15) is 10.4 Å². The number of fused-ring (bicyclic) bond motifs is 1. The number of carbonyl (C=O) groups is 1. The van der Waals surface area contributed by atoms with Crippen LogP contribution in [0.25, 0.3) is 22.3 Å². The number of nitrogens with zero attached hydrogens (tertiary/aromatic N) is 1. The van der Waals surface area contributed by atoms with E-state index in [2.05, 4.69) is 20.5 Å². The number of hydrogen-bond acceptors (Lipinski definition) is 3. The SMILES string of the molecule is COCCNC(=O)c1ccc2cc(-c3ccn[nH]3)[nH]c2c1. The highest BCUT2D eigenvalue weighted by molar-refractivity contribution is 5.98. The maximum Gasteiger partial charge on any atom is 0.251 e. The molecule has 3 rings (SSSR count). The number of amides is 1. The Labute approximate surface area is 121 Å². The van der Waals surface area contributed by atoms with Crippen molar-refractivity contribution >= 4 is 16.8 Å². The molecule has 0 aliphatic rings. The zero-order valence-corrected chi connectivity index (χ0v) is 11.6. The summed E-state index contributed by atoms with van der Waals surface area (Å²) in [6.07, 6.45) is 1.70. The van der Waals surface area contributed by atoms with Gasteiger partial charge in [0.05, 0.1) is 18.0 Å². The first-order chi connectivity index (χ1) is 10.3. The smallest absolute Gasteiger partial charge is 0.251 e. The van der Waals surface area contributed by atoms with Gasteiger partial charge in [-0.1, -0.05) is 6.07 Å². The van der Waals surface area contributed by atoms with Gasteiger partial charge in [0.25, 0.3) is 5.91 Å². The van der Waals surface area contributed by atoms with Crippen molar-refractivity contribution in [2.24, 2.45) is 0 Å². The van der Waals surface area contributed by atoms with E-state index in [-0.39, 0.29) is 5.91 Å². The number of benzene rings is 1. The van der Waals surface area contributed by atoms with E-state index in [0.29, 0.717) is 18.7 Å². The molecule has 0 atom stereocenters. The first-order valence-electron chi connectivity index (χ1n) is 6.67. The van der Waals surface area contributed by atoms with Crippen molar-refractivity contribution in [2.75, 3.05) is 20.3 Å². The normalized spacial score (nSPS) is 10.9. The predicted octanol–water partition coefficient (Wildman–Crippen LogP) is 1.93. The summed E-state index contributed by atoms with van der Waals surface area (Å²) in [5.74, 6) is -0.105. The summed E-state index contributed by atoms with van der Waals surface area (Å²) in [4.78, 5) is 15.3. The summed E-state index contributed by atoms with van der Waals surface area (Å²) in [5, 5.41) is 10.7. The van der Waals surface area contributed by atoms with Crippen molar-refractivity contribution in [1.82, 2.24) is 20.5 Å². The lowest BCUT2D eigenvalue weighted by atomic mass is 10.1. The standard InChI is InChI=1S/C15H16N4O2/c1-21-7-6-16-15(20)11-3-2-10-8-14(18-13(10)9-11)12-4-5-17-19-12/h2-5,8-9,18H,6-7H2,1H3,(H,16,20)(H,17,19). The van der Waals surface area contributed by atoms with Crippen LogP contribution < -0.4 is 5.32 Å². The quantitative estimate of drug-likeness (QED) is 0.626. The Morgan fingerprint density at radius 1 is 1.29 bits per heavy atom. The molecule has 21 heavy (non-hydrogen) atoms. The third-order valence-electron chi connectivity index (χ3n) is 3.27. The van der Waals surface area contributed by atoms with Gasteiger partial charge in [-0.3, -0.25) is 9.89 Å². The molecule has 0 aliphatic heterocycles. The molecule has 108 valence electrons. The number of aromatic amines is 2. The van der Waals surface area contributed by atoms with Crippen LogP contribution in [0.5, 0.6) is 0 Å². The number of aromatic nitrogens is 3. The first-order valence-corrected chi connectivity index (χ1v) is 6.67. The van der Waals surface area contributed by atoms with Crippen molar-refractivity contribution in [3.63, 3.8) is 0 Å². The largest absolute Gasteiger partial charge is 0.383 e. The highest BCUT2D eigenvalue weighted by Gasteiger charge is 2.09. The lowest BCUT2D eigenvalue weighted by Gasteiger charge is -2.04. The highest BCUT2D eigenvalue weighted by Crippen LogP contribution is 2.23. The second-order valence-corrected chi connectivity index (χ2v) is 4.70. The van der Waals surface area contributed by atoms with Crippen LogP contribution in [0.15, 0.2) is 36.5 Å². The maximum absolute atomic E-state index is 12.0. The van der Waals surface area contributed by atoms with Gasteiger partial charge in [0, 0.05) is 36.3 Å². The predicted molar refractivity (Wildman–Crippen MR) is 80.1 cm³/mol. The van der Waals surface area contributed by atoms with Crippen LogP contribution in [0.3, 0.4) is 0 Å². The third-order valence-corrected chi connectivity index (χ3v) is 3.27. The molecule has 6 heteroatoms. The number of rotatable bonds is 5. The zero-order chi connectivity index (χ0) is 14.7. The molecule has 6 nitrogen and oxygen atoms in total. The maximum atomic E-state index is 12.0. The van der Waals surface area contributed by atoms with Gasteiger partial charge in [0.15, 0.2) is 0 Å². The molecule has 0 spiro atoms. The molecule has 0 fully saturated rings. The van der Waals surface area contributed by atoms with Gasteiger partial charge in [-0.15, -0.1) is 0 Å². The van der Waals surface area contributed by atoms with Crippen LogP contribution >= 0.6 is 0 Å². The summed E-state index contributed by atoms with van der Waals surface area (Å²) in [6, 6.07) is 9.50. The molecular weight excluding hydrogens is 268 g/mol. The molecule has 3 aromatic rings.